The van der Waals surface area contributed by atoms with Gasteiger partial charge < -0.3 is 20.0 Å². The number of H-pyrrole nitrogens is 1. The van der Waals surface area contributed by atoms with Crippen LogP contribution in [-0.2, 0) is 4.79 Å². The smallest absolute Gasteiger partial charge is 0.268 e. The number of benzene rings is 2. The first kappa shape index (κ1) is 19.6. The molecule has 1 atom stereocenters. The molecule has 0 saturated carbocycles. The van der Waals surface area contributed by atoms with E-state index in [1.165, 1.54) is 4.57 Å². The lowest BCUT2D eigenvalue weighted by Gasteiger charge is -2.29. The van der Waals surface area contributed by atoms with Crippen LogP contribution in [0.4, 0.5) is 0 Å². The third-order valence-electron chi connectivity index (χ3n) is 5.55. The number of aromatic hydroxyl groups is 1. The van der Waals surface area contributed by atoms with Gasteiger partial charge in [0.1, 0.15) is 30.0 Å². The number of rotatable bonds is 5. The second-order valence-electron chi connectivity index (χ2n) is 7.35. The Balaban J connectivity index is 1.68. The van der Waals surface area contributed by atoms with Crippen molar-refractivity contribution in [2.45, 2.75) is 6.04 Å². The van der Waals surface area contributed by atoms with Crippen LogP contribution in [0.3, 0.4) is 0 Å². The van der Waals surface area contributed by atoms with Gasteiger partial charge in [0.05, 0.1) is 23.8 Å². The van der Waals surface area contributed by atoms with Crippen molar-refractivity contribution in [2.75, 3.05) is 13.2 Å². The fraction of sp³-hybridized carbons (Fsp3) is 0.130. The van der Waals surface area contributed by atoms with Crippen LogP contribution in [0, 0.1) is 0 Å². The molecule has 0 saturated heterocycles. The highest BCUT2D eigenvalue weighted by Crippen LogP contribution is 2.38. The molecule has 0 spiro atoms. The molecule has 3 N–H and O–H groups in total. The fourth-order valence-electron chi connectivity index (χ4n) is 4.05. The monoisotopic (exact) mass is 430 g/mol. The van der Waals surface area contributed by atoms with Gasteiger partial charge in [0.2, 0.25) is 0 Å². The number of hydrogen-bond acceptors (Lipinski definition) is 6. The number of aldehydes is 1. The molecule has 32 heavy (non-hydrogen) atoms. The Morgan fingerprint density at radius 1 is 1.25 bits per heavy atom. The number of pyridine rings is 1. The van der Waals surface area contributed by atoms with Crippen LogP contribution in [0.25, 0.3) is 22.2 Å². The molecule has 9 heteroatoms. The number of aromatic nitrogens is 3. The van der Waals surface area contributed by atoms with Gasteiger partial charge >= 0.3 is 0 Å². The minimum atomic E-state index is -0.810. The second-order valence-corrected chi connectivity index (χ2v) is 7.35. The fourth-order valence-corrected chi connectivity index (χ4v) is 4.05. The highest BCUT2D eigenvalue weighted by atomic mass is 16.5. The average molecular weight is 430 g/mol. The van der Waals surface area contributed by atoms with Crippen molar-refractivity contribution in [3.05, 3.63) is 76.2 Å². The summed E-state index contributed by atoms with van der Waals surface area (Å²) in [6.45, 7) is -0.0903. The Bertz CT molecular complexity index is 1390. The lowest BCUT2D eigenvalue weighted by molar-refractivity contribution is -0.107. The first-order chi connectivity index (χ1) is 15.6. The van der Waals surface area contributed by atoms with Crippen molar-refractivity contribution in [2.24, 2.45) is 0 Å². The van der Waals surface area contributed by atoms with E-state index in [4.69, 9.17) is 4.74 Å². The molecule has 2 aromatic carbocycles. The summed E-state index contributed by atoms with van der Waals surface area (Å²) in [7, 11) is 0. The second kappa shape index (κ2) is 7.69. The number of carbonyl (C=O) groups is 2. The molecule has 0 bridgehead atoms. The lowest BCUT2D eigenvalue weighted by Crippen LogP contribution is -2.38. The van der Waals surface area contributed by atoms with Gasteiger partial charge in [-0.1, -0.05) is 30.3 Å². The van der Waals surface area contributed by atoms with Gasteiger partial charge in [-0.15, -0.1) is 0 Å². The molecule has 5 rings (SSSR count). The minimum Gasteiger partial charge on any atom is -0.506 e. The maximum atomic E-state index is 13.4. The summed E-state index contributed by atoms with van der Waals surface area (Å²) in [4.78, 5) is 36.7. The summed E-state index contributed by atoms with van der Waals surface area (Å²) < 4.78 is 7.39. The van der Waals surface area contributed by atoms with Crippen molar-refractivity contribution < 1.29 is 19.4 Å². The first-order valence-electron chi connectivity index (χ1n) is 9.94. The summed E-state index contributed by atoms with van der Waals surface area (Å²) in [5.74, 6) is -0.805. The molecule has 0 fully saturated rings. The SMILES string of the molecule is O=CCNC(=O)c1c(O)c2cccc3c2n(c1=O)C(c1ccc(-c2ccn[nH]2)cc1)CO3. The summed E-state index contributed by atoms with van der Waals surface area (Å²) in [6, 6.07) is 13.9. The Kier molecular flexibility index (Phi) is 4.70. The number of ether oxygens (including phenoxy) is 1. The van der Waals surface area contributed by atoms with E-state index in [1.54, 1.807) is 24.4 Å². The van der Waals surface area contributed by atoms with Gasteiger partial charge in [0.15, 0.2) is 0 Å². The van der Waals surface area contributed by atoms with E-state index in [1.807, 2.05) is 30.3 Å². The maximum absolute atomic E-state index is 13.4. The predicted molar refractivity (Wildman–Crippen MR) is 116 cm³/mol. The number of aromatic amines is 1. The van der Waals surface area contributed by atoms with Crippen LogP contribution in [-0.4, -0.2) is 45.2 Å². The minimum absolute atomic E-state index is 0.176. The number of amides is 1. The number of nitrogens with one attached hydrogen (secondary N) is 2. The van der Waals surface area contributed by atoms with Gasteiger partial charge in [0.25, 0.3) is 11.5 Å². The van der Waals surface area contributed by atoms with Gasteiger partial charge in [0, 0.05) is 11.6 Å². The van der Waals surface area contributed by atoms with E-state index in [9.17, 15) is 19.5 Å². The van der Waals surface area contributed by atoms with Gasteiger partial charge in [-0.2, -0.15) is 5.10 Å². The third kappa shape index (κ3) is 3.02. The van der Waals surface area contributed by atoms with Crippen LogP contribution in [0.1, 0.15) is 22.0 Å². The van der Waals surface area contributed by atoms with Gasteiger partial charge in [-0.3, -0.25) is 19.3 Å². The van der Waals surface area contributed by atoms with Crippen LogP contribution < -0.4 is 15.6 Å². The van der Waals surface area contributed by atoms with E-state index < -0.39 is 28.8 Å². The van der Waals surface area contributed by atoms with E-state index in [2.05, 4.69) is 15.5 Å². The van der Waals surface area contributed by atoms with E-state index in [0.717, 1.165) is 16.8 Å². The molecular formula is C23H18N4O5. The summed E-state index contributed by atoms with van der Waals surface area (Å²) in [5, 5.41) is 20.3. The Hall–Kier alpha value is -4.40. The number of para-hydroxylation sites is 1. The Morgan fingerprint density at radius 3 is 2.78 bits per heavy atom. The van der Waals surface area contributed by atoms with Gasteiger partial charge in [-0.05, 0) is 29.3 Å². The first-order valence-corrected chi connectivity index (χ1v) is 9.94. The summed E-state index contributed by atoms with van der Waals surface area (Å²) in [6.07, 6.45) is 2.17. The van der Waals surface area contributed by atoms with E-state index in [0.29, 0.717) is 22.9 Å². The molecule has 3 heterocycles. The molecule has 0 aliphatic carbocycles. The topological polar surface area (TPSA) is 126 Å². The van der Waals surface area contributed by atoms with Crippen LogP contribution in [0.2, 0.25) is 0 Å². The zero-order valence-electron chi connectivity index (χ0n) is 16.7. The standard InChI is InChI=1S/C23H18N4O5/c28-11-10-24-22(30)19-21(29)15-2-1-3-18-20(15)27(23(19)31)17(12-32-18)14-6-4-13(5-7-14)16-8-9-25-26-16/h1-9,11,17,29H,10,12H2,(H,24,30)(H,25,26). The van der Waals surface area contributed by atoms with E-state index >= 15 is 0 Å². The number of hydrogen-bond donors (Lipinski definition) is 3. The molecule has 9 nitrogen and oxygen atoms in total. The zero-order chi connectivity index (χ0) is 22.2. The molecule has 1 aliphatic heterocycles. The Labute approximate surface area is 181 Å². The molecular weight excluding hydrogens is 412 g/mol. The van der Waals surface area contributed by atoms with Crippen molar-refractivity contribution in [1.82, 2.24) is 20.1 Å². The highest BCUT2D eigenvalue weighted by Gasteiger charge is 2.31. The maximum Gasteiger partial charge on any atom is 0.268 e. The van der Waals surface area contributed by atoms with Crippen molar-refractivity contribution in [3.63, 3.8) is 0 Å². The van der Waals surface area contributed by atoms with Crippen molar-refractivity contribution in [1.29, 1.82) is 0 Å². The molecule has 4 aromatic rings. The normalized spacial score (nSPS) is 14.7. The molecule has 2 aromatic heterocycles. The Morgan fingerprint density at radius 2 is 2.06 bits per heavy atom. The molecule has 160 valence electrons. The number of nitrogens with zero attached hydrogens (tertiary/aromatic N) is 2. The van der Waals surface area contributed by atoms with Crippen molar-refractivity contribution in [3.8, 4) is 22.8 Å². The van der Waals surface area contributed by atoms with E-state index in [-0.39, 0.29) is 13.2 Å². The summed E-state index contributed by atoms with van der Waals surface area (Å²) in [5.41, 5.74) is 1.95. The molecule has 0 radical (unpaired) electrons. The lowest BCUT2D eigenvalue weighted by atomic mass is 10.00. The van der Waals surface area contributed by atoms with Crippen LogP contribution in [0.5, 0.6) is 11.5 Å². The third-order valence-corrected chi connectivity index (χ3v) is 5.55. The van der Waals surface area contributed by atoms with Crippen LogP contribution in [0.15, 0.2) is 59.5 Å². The molecule has 1 amide bonds. The molecule has 1 unspecified atom stereocenters. The predicted octanol–water partition coefficient (Wildman–Crippen LogP) is 2.01. The average Bonchev–Trinajstić information content (AvgIpc) is 3.36. The largest absolute Gasteiger partial charge is 0.506 e. The molecule has 1 aliphatic rings. The quantitative estimate of drug-likeness (QED) is 0.416. The van der Waals surface area contributed by atoms with Crippen molar-refractivity contribution >= 4 is 23.1 Å². The summed E-state index contributed by atoms with van der Waals surface area (Å²) >= 11 is 0. The number of carbonyl (C=O) groups excluding carboxylic acids is 2. The zero-order valence-corrected chi connectivity index (χ0v) is 16.7. The highest BCUT2D eigenvalue weighted by molar-refractivity contribution is 6.04. The van der Waals surface area contributed by atoms with Gasteiger partial charge in [-0.25, -0.2) is 0 Å². The van der Waals surface area contributed by atoms with Crippen LogP contribution >= 0.6 is 0 Å².